The lowest BCUT2D eigenvalue weighted by atomic mass is 10.1. The molecular weight excluding hydrogens is 262 g/mol. The molecule has 21 heavy (non-hydrogen) atoms. The highest BCUT2D eigenvalue weighted by Gasteiger charge is 2.14. The molecule has 0 unspecified atom stereocenters. The van der Waals surface area contributed by atoms with E-state index in [1.54, 1.807) is 7.11 Å². The Bertz CT molecular complexity index is 629. The van der Waals surface area contributed by atoms with Crippen LogP contribution in [-0.4, -0.2) is 20.3 Å². The van der Waals surface area contributed by atoms with Crippen molar-refractivity contribution in [3.8, 4) is 5.75 Å². The normalized spacial score (nSPS) is 14.4. The first-order valence-electron chi connectivity index (χ1n) is 7.08. The monoisotopic (exact) mass is 281 g/mol. The van der Waals surface area contributed by atoms with Gasteiger partial charge in [-0.1, -0.05) is 17.7 Å². The molecule has 0 spiro atoms. The van der Waals surface area contributed by atoms with E-state index in [-0.39, 0.29) is 0 Å². The Hall–Kier alpha value is -2.42. The maximum absolute atomic E-state index is 5.79. The van der Waals surface area contributed by atoms with E-state index < -0.39 is 0 Å². The molecule has 2 aromatic carbocycles. The topological polar surface area (TPSA) is 21.7 Å². The summed E-state index contributed by atoms with van der Waals surface area (Å²) in [7, 11) is 1.67. The summed E-state index contributed by atoms with van der Waals surface area (Å²) in [5.41, 5.74) is 3.52. The van der Waals surface area contributed by atoms with Gasteiger partial charge >= 0.3 is 0 Å². The SMILES string of the molecule is COc1ccc(C2=CN(c3ccc(C)cc3)CCO2)cc1. The van der Waals surface area contributed by atoms with Crippen LogP contribution in [0, 0.1) is 6.92 Å². The second-order valence-corrected chi connectivity index (χ2v) is 5.10. The summed E-state index contributed by atoms with van der Waals surface area (Å²) in [5, 5.41) is 0. The third-order valence-electron chi connectivity index (χ3n) is 3.60. The quantitative estimate of drug-likeness (QED) is 0.853. The molecule has 0 saturated carbocycles. The zero-order chi connectivity index (χ0) is 14.7. The van der Waals surface area contributed by atoms with Gasteiger partial charge in [0.2, 0.25) is 0 Å². The smallest absolute Gasteiger partial charge is 0.142 e. The van der Waals surface area contributed by atoms with Crippen LogP contribution in [0.5, 0.6) is 5.75 Å². The van der Waals surface area contributed by atoms with Gasteiger partial charge < -0.3 is 14.4 Å². The third-order valence-corrected chi connectivity index (χ3v) is 3.60. The predicted octanol–water partition coefficient (Wildman–Crippen LogP) is 3.84. The Morgan fingerprint density at radius 1 is 1.00 bits per heavy atom. The van der Waals surface area contributed by atoms with E-state index in [0.29, 0.717) is 6.61 Å². The highest BCUT2D eigenvalue weighted by atomic mass is 16.5. The Morgan fingerprint density at radius 2 is 1.71 bits per heavy atom. The molecule has 3 rings (SSSR count). The number of ether oxygens (including phenoxy) is 2. The van der Waals surface area contributed by atoms with Gasteiger partial charge in [0, 0.05) is 17.5 Å². The Labute approximate surface area is 125 Å². The summed E-state index contributed by atoms with van der Waals surface area (Å²) in [4.78, 5) is 2.22. The fraction of sp³-hybridized carbons (Fsp3) is 0.222. The molecule has 2 aromatic rings. The van der Waals surface area contributed by atoms with Crippen LogP contribution in [0.1, 0.15) is 11.1 Å². The fourth-order valence-electron chi connectivity index (χ4n) is 2.35. The van der Waals surface area contributed by atoms with E-state index in [1.165, 1.54) is 11.3 Å². The molecule has 0 aliphatic carbocycles. The van der Waals surface area contributed by atoms with Crippen LogP contribution < -0.4 is 9.64 Å². The number of nitrogens with zero attached hydrogens (tertiary/aromatic N) is 1. The second kappa shape index (κ2) is 5.92. The second-order valence-electron chi connectivity index (χ2n) is 5.10. The van der Waals surface area contributed by atoms with Gasteiger partial charge in [0.15, 0.2) is 0 Å². The number of rotatable bonds is 3. The molecule has 3 nitrogen and oxygen atoms in total. The van der Waals surface area contributed by atoms with Gasteiger partial charge in [0.25, 0.3) is 0 Å². The molecule has 0 aromatic heterocycles. The van der Waals surface area contributed by atoms with E-state index in [1.807, 2.05) is 24.3 Å². The number of benzene rings is 2. The number of aryl methyl sites for hydroxylation is 1. The summed E-state index contributed by atoms with van der Waals surface area (Å²) >= 11 is 0. The molecule has 0 bridgehead atoms. The first-order chi connectivity index (χ1) is 10.3. The van der Waals surface area contributed by atoms with E-state index in [2.05, 4.69) is 42.3 Å². The van der Waals surface area contributed by atoms with Crippen molar-refractivity contribution in [2.45, 2.75) is 6.92 Å². The molecule has 0 atom stereocenters. The van der Waals surface area contributed by atoms with Crippen molar-refractivity contribution in [2.24, 2.45) is 0 Å². The van der Waals surface area contributed by atoms with E-state index in [0.717, 1.165) is 23.6 Å². The largest absolute Gasteiger partial charge is 0.497 e. The molecule has 0 fully saturated rings. The first-order valence-corrected chi connectivity index (χ1v) is 7.08. The van der Waals surface area contributed by atoms with Crippen molar-refractivity contribution in [3.63, 3.8) is 0 Å². The van der Waals surface area contributed by atoms with Gasteiger partial charge in [0.05, 0.1) is 13.7 Å². The van der Waals surface area contributed by atoms with Gasteiger partial charge in [0.1, 0.15) is 18.1 Å². The van der Waals surface area contributed by atoms with Crippen molar-refractivity contribution in [1.29, 1.82) is 0 Å². The molecule has 0 amide bonds. The standard InChI is InChI=1S/C18H19NO2/c1-14-3-7-16(8-4-14)19-11-12-21-18(13-19)15-5-9-17(20-2)10-6-15/h3-10,13H,11-12H2,1-2H3. The molecule has 3 heteroatoms. The highest BCUT2D eigenvalue weighted by Crippen LogP contribution is 2.25. The lowest BCUT2D eigenvalue weighted by Crippen LogP contribution is -2.26. The van der Waals surface area contributed by atoms with Crippen LogP contribution in [0.25, 0.3) is 5.76 Å². The van der Waals surface area contributed by atoms with E-state index in [9.17, 15) is 0 Å². The number of hydrogen-bond acceptors (Lipinski definition) is 3. The summed E-state index contributed by atoms with van der Waals surface area (Å²) in [5.74, 6) is 1.75. The minimum Gasteiger partial charge on any atom is -0.497 e. The van der Waals surface area contributed by atoms with Crippen LogP contribution in [0.3, 0.4) is 0 Å². The van der Waals surface area contributed by atoms with Crippen LogP contribution in [0.2, 0.25) is 0 Å². The molecule has 0 radical (unpaired) electrons. The Kier molecular flexibility index (Phi) is 3.82. The Balaban J connectivity index is 1.86. The van der Waals surface area contributed by atoms with Crippen LogP contribution in [-0.2, 0) is 4.74 Å². The first kappa shape index (κ1) is 13.6. The summed E-state index contributed by atoms with van der Waals surface area (Å²) in [6.07, 6.45) is 2.07. The number of methoxy groups -OCH3 is 1. The molecule has 108 valence electrons. The van der Waals surface area contributed by atoms with Gasteiger partial charge in [-0.3, -0.25) is 0 Å². The average Bonchev–Trinajstić information content (AvgIpc) is 2.56. The zero-order valence-corrected chi connectivity index (χ0v) is 12.4. The molecule has 1 aliphatic heterocycles. The van der Waals surface area contributed by atoms with Crippen molar-refractivity contribution >= 4 is 11.4 Å². The highest BCUT2D eigenvalue weighted by molar-refractivity contribution is 5.66. The van der Waals surface area contributed by atoms with E-state index >= 15 is 0 Å². The van der Waals surface area contributed by atoms with Gasteiger partial charge in [-0.25, -0.2) is 0 Å². The van der Waals surface area contributed by atoms with Crippen LogP contribution in [0.15, 0.2) is 54.7 Å². The molecule has 0 N–H and O–H groups in total. The van der Waals surface area contributed by atoms with Crippen molar-refractivity contribution in [3.05, 3.63) is 65.9 Å². The van der Waals surface area contributed by atoms with Crippen molar-refractivity contribution < 1.29 is 9.47 Å². The average molecular weight is 281 g/mol. The fourth-order valence-corrected chi connectivity index (χ4v) is 2.35. The summed E-state index contributed by atoms with van der Waals surface area (Å²) in [6, 6.07) is 16.5. The molecule has 1 aliphatic rings. The minimum atomic E-state index is 0.686. The minimum absolute atomic E-state index is 0.686. The van der Waals surface area contributed by atoms with Crippen LogP contribution in [0.4, 0.5) is 5.69 Å². The molecule has 1 heterocycles. The summed E-state index contributed by atoms with van der Waals surface area (Å²) < 4.78 is 11.0. The van der Waals surface area contributed by atoms with Gasteiger partial charge in [-0.2, -0.15) is 0 Å². The Morgan fingerprint density at radius 3 is 2.38 bits per heavy atom. The summed E-state index contributed by atoms with van der Waals surface area (Å²) in [6.45, 7) is 3.65. The van der Waals surface area contributed by atoms with E-state index in [4.69, 9.17) is 9.47 Å². The zero-order valence-electron chi connectivity index (χ0n) is 12.4. The maximum atomic E-state index is 5.79. The van der Waals surface area contributed by atoms with Gasteiger partial charge in [-0.05, 0) is 43.3 Å². The van der Waals surface area contributed by atoms with Gasteiger partial charge in [-0.15, -0.1) is 0 Å². The molecule has 0 saturated heterocycles. The number of hydrogen-bond donors (Lipinski definition) is 0. The van der Waals surface area contributed by atoms with Crippen molar-refractivity contribution in [1.82, 2.24) is 0 Å². The lowest BCUT2D eigenvalue weighted by Gasteiger charge is -2.27. The number of anilines is 1. The molecular formula is C18H19NO2. The maximum Gasteiger partial charge on any atom is 0.142 e. The third kappa shape index (κ3) is 3.02. The van der Waals surface area contributed by atoms with Crippen LogP contribution >= 0.6 is 0 Å². The lowest BCUT2D eigenvalue weighted by molar-refractivity contribution is 0.274. The predicted molar refractivity (Wildman–Crippen MR) is 85.4 cm³/mol. The van der Waals surface area contributed by atoms with Crippen molar-refractivity contribution in [2.75, 3.05) is 25.2 Å².